The molecule has 1 fully saturated rings. The molecule has 1 aromatic rings. The van der Waals surface area contributed by atoms with Gasteiger partial charge in [0.2, 0.25) is 0 Å². The van der Waals surface area contributed by atoms with E-state index in [4.69, 9.17) is 15.2 Å². The average Bonchev–Trinajstić information content (AvgIpc) is 2.20. The minimum atomic E-state index is -0.0591. The number of hydrogen-bond acceptors (Lipinski definition) is 3. The number of rotatable bonds is 1. The Morgan fingerprint density at radius 3 is 2.69 bits per heavy atom. The molecular weight excluding hydrogens is 166 g/mol. The molecule has 0 saturated carbocycles. The lowest BCUT2D eigenvalue weighted by Crippen LogP contribution is -2.39. The number of nitrogens with two attached hydrogens (primary N) is 1. The van der Waals surface area contributed by atoms with Crippen molar-refractivity contribution in [3.63, 3.8) is 0 Å². The van der Waals surface area contributed by atoms with Crippen molar-refractivity contribution in [2.75, 3.05) is 13.4 Å². The predicted molar refractivity (Wildman–Crippen MR) is 49.1 cm³/mol. The second-order valence-electron chi connectivity index (χ2n) is 3.15. The maximum Gasteiger partial charge on any atom is 0.147 e. The van der Waals surface area contributed by atoms with Crippen LogP contribution in [0.2, 0.25) is 0 Å². The quantitative estimate of drug-likeness (QED) is 0.701. The SMILES string of the molecule is N[C@H]1COCO[C@@H]1c1ccccc1. The molecule has 2 atom stereocenters. The van der Waals surface area contributed by atoms with Gasteiger partial charge in [0.1, 0.15) is 12.9 Å². The van der Waals surface area contributed by atoms with E-state index < -0.39 is 0 Å². The molecule has 0 spiro atoms. The summed E-state index contributed by atoms with van der Waals surface area (Å²) in [7, 11) is 0. The molecule has 1 heterocycles. The summed E-state index contributed by atoms with van der Waals surface area (Å²) in [6.07, 6.45) is -0.0186. The van der Waals surface area contributed by atoms with Crippen molar-refractivity contribution in [1.29, 1.82) is 0 Å². The fourth-order valence-electron chi connectivity index (χ4n) is 1.50. The van der Waals surface area contributed by atoms with Crippen LogP contribution in [0, 0.1) is 0 Å². The van der Waals surface area contributed by atoms with Gasteiger partial charge in [0.15, 0.2) is 0 Å². The first-order chi connectivity index (χ1) is 6.38. The Balaban J connectivity index is 2.15. The highest BCUT2D eigenvalue weighted by Crippen LogP contribution is 2.22. The van der Waals surface area contributed by atoms with Crippen molar-refractivity contribution in [2.24, 2.45) is 5.73 Å². The summed E-state index contributed by atoms with van der Waals surface area (Å²) in [5.41, 5.74) is 6.98. The Morgan fingerprint density at radius 1 is 1.23 bits per heavy atom. The van der Waals surface area contributed by atoms with Crippen LogP contribution >= 0.6 is 0 Å². The van der Waals surface area contributed by atoms with Gasteiger partial charge < -0.3 is 15.2 Å². The third-order valence-corrected chi connectivity index (χ3v) is 2.16. The van der Waals surface area contributed by atoms with Gasteiger partial charge >= 0.3 is 0 Å². The van der Waals surface area contributed by atoms with Crippen LogP contribution in [-0.4, -0.2) is 19.4 Å². The Hall–Kier alpha value is -0.900. The molecule has 0 aromatic heterocycles. The maximum absolute atomic E-state index is 5.86. The van der Waals surface area contributed by atoms with E-state index in [2.05, 4.69) is 0 Å². The minimum absolute atomic E-state index is 0.0186. The van der Waals surface area contributed by atoms with Gasteiger partial charge in [-0.25, -0.2) is 0 Å². The second-order valence-corrected chi connectivity index (χ2v) is 3.15. The smallest absolute Gasteiger partial charge is 0.147 e. The third kappa shape index (κ3) is 1.88. The lowest BCUT2D eigenvalue weighted by atomic mass is 10.0. The van der Waals surface area contributed by atoms with Gasteiger partial charge in [0.05, 0.1) is 12.6 Å². The molecule has 0 radical (unpaired) electrons. The molecule has 0 unspecified atom stereocenters. The molecule has 2 rings (SSSR count). The lowest BCUT2D eigenvalue weighted by molar-refractivity contribution is -0.151. The second kappa shape index (κ2) is 3.87. The molecule has 1 aliphatic rings. The van der Waals surface area contributed by atoms with Gasteiger partial charge in [-0.15, -0.1) is 0 Å². The largest absolute Gasteiger partial charge is 0.354 e. The highest BCUT2D eigenvalue weighted by molar-refractivity contribution is 5.19. The van der Waals surface area contributed by atoms with Crippen LogP contribution in [0.4, 0.5) is 0 Å². The molecule has 13 heavy (non-hydrogen) atoms. The van der Waals surface area contributed by atoms with Crippen LogP contribution in [0.15, 0.2) is 30.3 Å². The molecule has 70 valence electrons. The van der Waals surface area contributed by atoms with E-state index in [1.165, 1.54) is 0 Å². The van der Waals surface area contributed by atoms with Crippen molar-refractivity contribution in [3.05, 3.63) is 35.9 Å². The van der Waals surface area contributed by atoms with Gasteiger partial charge in [0.25, 0.3) is 0 Å². The Morgan fingerprint density at radius 2 is 2.00 bits per heavy atom. The van der Waals surface area contributed by atoms with Crippen molar-refractivity contribution in [2.45, 2.75) is 12.1 Å². The Bertz CT molecular complexity index is 263. The first kappa shape index (κ1) is 8.69. The first-order valence-electron chi connectivity index (χ1n) is 4.38. The van der Waals surface area contributed by atoms with Crippen molar-refractivity contribution in [1.82, 2.24) is 0 Å². The number of ether oxygens (including phenoxy) is 2. The number of hydrogen-bond donors (Lipinski definition) is 1. The fourth-order valence-corrected chi connectivity index (χ4v) is 1.50. The monoisotopic (exact) mass is 179 g/mol. The predicted octanol–water partition coefficient (Wildman–Crippen LogP) is 1.06. The van der Waals surface area contributed by atoms with Crippen LogP contribution in [0.1, 0.15) is 11.7 Å². The van der Waals surface area contributed by atoms with Gasteiger partial charge in [-0.05, 0) is 5.56 Å². The fraction of sp³-hybridized carbons (Fsp3) is 0.400. The standard InChI is InChI=1S/C10H13NO2/c11-9-6-12-7-13-10(9)8-4-2-1-3-5-8/h1-5,9-10H,6-7,11H2/t9-,10+/m0/s1. The molecule has 2 N–H and O–H groups in total. The Labute approximate surface area is 77.5 Å². The topological polar surface area (TPSA) is 44.5 Å². The van der Waals surface area contributed by atoms with Crippen molar-refractivity contribution < 1.29 is 9.47 Å². The zero-order chi connectivity index (χ0) is 9.10. The first-order valence-corrected chi connectivity index (χ1v) is 4.38. The zero-order valence-electron chi connectivity index (χ0n) is 7.35. The summed E-state index contributed by atoms with van der Waals surface area (Å²) in [5, 5.41) is 0. The summed E-state index contributed by atoms with van der Waals surface area (Å²) >= 11 is 0. The summed E-state index contributed by atoms with van der Waals surface area (Å²) in [6.45, 7) is 0.910. The van der Waals surface area contributed by atoms with Crippen LogP contribution in [-0.2, 0) is 9.47 Å². The Kier molecular flexibility index (Phi) is 2.59. The van der Waals surface area contributed by atoms with Gasteiger partial charge in [-0.3, -0.25) is 0 Å². The number of benzene rings is 1. The molecule has 3 nitrogen and oxygen atoms in total. The van der Waals surface area contributed by atoms with Crippen molar-refractivity contribution in [3.8, 4) is 0 Å². The van der Waals surface area contributed by atoms with E-state index in [9.17, 15) is 0 Å². The molecular formula is C10H13NO2. The lowest BCUT2D eigenvalue weighted by Gasteiger charge is -2.29. The molecule has 0 amide bonds. The molecule has 1 saturated heterocycles. The molecule has 0 bridgehead atoms. The maximum atomic E-state index is 5.86. The van der Waals surface area contributed by atoms with Gasteiger partial charge in [-0.1, -0.05) is 30.3 Å². The normalized spacial score (nSPS) is 28.7. The van der Waals surface area contributed by atoms with E-state index in [1.807, 2.05) is 30.3 Å². The summed E-state index contributed by atoms with van der Waals surface area (Å²) in [4.78, 5) is 0. The summed E-state index contributed by atoms with van der Waals surface area (Å²) in [6, 6.07) is 9.94. The summed E-state index contributed by atoms with van der Waals surface area (Å²) in [5.74, 6) is 0. The van der Waals surface area contributed by atoms with E-state index >= 15 is 0 Å². The van der Waals surface area contributed by atoms with Crippen molar-refractivity contribution >= 4 is 0 Å². The summed E-state index contributed by atoms with van der Waals surface area (Å²) < 4.78 is 10.5. The molecule has 1 aromatic carbocycles. The van der Waals surface area contributed by atoms with Crippen LogP contribution in [0.5, 0.6) is 0 Å². The minimum Gasteiger partial charge on any atom is -0.354 e. The van der Waals surface area contributed by atoms with Crippen LogP contribution < -0.4 is 5.73 Å². The highest BCUT2D eigenvalue weighted by atomic mass is 16.7. The van der Waals surface area contributed by atoms with Gasteiger partial charge in [0, 0.05) is 0 Å². The van der Waals surface area contributed by atoms with E-state index in [1.54, 1.807) is 0 Å². The van der Waals surface area contributed by atoms with Crippen LogP contribution in [0.25, 0.3) is 0 Å². The highest BCUT2D eigenvalue weighted by Gasteiger charge is 2.24. The van der Waals surface area contributed by atoms with E-state index in [0.29, 0.717) is 13.4 Å². The molecule has 1 aliphatic heterocycles. The zero-order valence-corrected chi connectivity index (χ0v) is 7.35. The van der Waals surface area contributed by atoms with E-state index in [-0.39, 0.29) is 12.1 Å². The van der Waals surface area contributed by atoms with E-state index in [0.717, 1.165) is 5.56 Å². The molecule has 3 heteroatoms. The molecule has 0 aliphatic carbocycles. The van der Waals surface area contributed by atoms with Crippen LogP contribution in [0.3, 0.4) is 0 Å². The third-order valence-electron chi connectivity index (χ3n) is 2.16. The van der Waals surface area contributed by atoms with Gasteiger partial charge in [-0.2, -0.15) is 0 Å². The average molecular weight is 179 g/mol.